The summed E-state index contributed by atoms with van der Waals surface area (Å²) in [5, 5.41) is 6.21. The molecule has 0 spiro atoms. The van der Waals surface area contributed by atoms with E-state index in [4.69, 9.17) is 0 Å². The van der Waals surface area contributed by atoms with Crippen molar-refractivity contribution in [1.29, 1.82) is 0 Å². The van der Waals surface area contributed by atoms with E-state index in [1.54, 1.807) is 0 Å². The number of aromatic nitrogens is 2. The molecule has 12 rings (SSSR count). The van der Waals surface area contributed by atoms with Crippen molar-refractivity contribution in [3.8, 4) is 33.6 Å². The molecule has 1 aliphatic rings. The molecule has 284 valence electrons. The average molecular weight is 768 g/mol. The lowest BCUT2D eigenvalue weighted by atomic mass is 9.82. The van der Waals surface area contributed by atoms with Crippen molar-refractivity contribution in [2.24, 2.45) is 0 Å². The van der Waals surface area contributed by atoms with E-state index < -0.39 is 0 Å². The normalized spacial score (nSPS) is 13.0. The zero-order valence-electron chi connectivity index (χ0n) is 33.5. The Morgan fingerprint density at radius 3 is 1.90 bits per heavy atom. The highest BCUT2D eigenvalue weighted by atomic mass is 15.1. The molecular formula is C57H41N3. The van der Waals surface area contributed by atoms with Crippen LogP contribution in [0, 0.1) is 0 Å². The summed E-state index contributed by atoms with van der Waals surface area (Å²) >= 11 is 0. The van der Waals surface area contributed by atoms with Crippen molar-refractivity contribution in [2.45, 2.75) is 19.3 Å². The Hall–Kier alpha value is -7.62. The number of anilines is 3. The fourth-order valence-electron chi connectivity index (χ4n) is 9.96. The van der Waals surface area contributed by atoms with Crippen molar-refractivity contribution in [1.82, 2.24) is 9.13 Å². The van der Waals surface area contributed by atoms with Crippen LogP contribution < -0.4 is 4.90 Å². The van der Waals surface area contributed by atoms with Gasteiger partial charge in [-0.05, 0) is 118 Å². The molecule has 0 N–H and O–H groups in total. The molecule has 9 aromatic carbocycles. The Morgan fingerprint density at radius 2 is 1.07 bits per heavy atom. The number of nitrogens with zero attached hydrogens (tertiary/aromatic N) is 3. The first kappa shape index (κ1) is 34.4. The van der Waals surface area contributed by atoms with Crippen LogP contribution in [0.25, 0.3) is 77.1 Å². The first-order valence-electron chi connectivity index (χ1n) is 20.8. The fraction of sp³-hybridized carbons (Fsp3) is 0.0526. The van der Waals surface area contributed by atoms with Crippen LogP contribution in [0.2, 0.25) is 0 Å². The van der Waals surface area contributed by atoms with Crippen molar-refractivity contribution < 1.29 is 0 Å². The van der Waals surface area contributed by atoms with Crippen molar-refractivity contribution in [2.75, 3.05) is 4.90 Å². The molecule has 0 fully saturated rings. The maximum Gasteiger partial charge on any atom is 0.0562 e. The van der Waals surface area contributed by atoms with E-state index in [-0.39, 0.29) is 5.41 Å². The summed E-state index contributed by atoms with van der Waals surface area (Å²) in [6.07, 6.45) is 2.20. The van der Waals surface area contributed by atoms with E-state index in [0.717, 1.165) is 17.1 Å². The molecule has 0 radical (unpaired) electrons. The van der Waals surface area contributed by atoms with Crippen LogP contribution in [0.5, 0.6) is 0 Å². The zero-order valence-corrected chi connectivity index (χ0v) is 33.5. The molecule has 0 amide bonds. The Balaban J connectivity index is 0.916. The molecule has 0 atom stereocenters. The number of para-hydroxylation sites is 2. The van der Waals surface area contributed by atoms with Gasteiger partial charge in [-0.2, -0.15) is 0 Å². The van der Waals surface area contributed by atoms with E-state index in [0.29, 0.717) is 0 Å². The van der Waals surface area contributed by atoms with Gasteiger partial charge in [-0.1, -0.05) is 141 Å². The third kappa shape index (κ3) is 5.22. The van der Waals surface area contributed by atoms with Gasteiger partial charge in [-0.15, -0.1) is 0 Å². The minimum atomic E-state index is -0.0935. The molecule has 1 aliphatic carbocycles. The van der Waals surface area contributed by atoms with Gasteiger partial charge in [0.2, 0.25) is 0 Å². The molecule has 0 saturated carbocycles. The molecule has 11 aromatic rings. The number of hydrogen-bond donors (Lipinski definition) is 0. The zero-order chi connectivity index (χ0) is 40.0. The van der Waals surface area contributed by atoms with Crippen molar-refractivity contribution in [3.05, 3.63) is 224 Å². The molecule has 0 saturated heterocycles. The summed E-state index contributed by atoms with van der Waals surface area (Å²) in [6.45, 7) is 4.71. The highest BCUT2D eigenvalue weighted by Crippen LogP contribution is 2.51. The molecule has 2 heterocycles. The summed E-state index contributed by atoms with van der Waals surface area (Å²) in [4.78, 5) is 2.43. The Morgan fingerprint density at radius 1 is 0.400 bits per heavy atom. The van der Waals surface area contributed by atoms with E-state index in [1.807, 2.05) is 0 Å². The maximum absolute atomic E-state index is 2.43. The highest BCUT2D eigenvalue weighted by molar-refractivity contribution is 6.13. The molecule has 3 heteroatoms. The molecule has 0 unspecified atom stereocenters. The van der Waals surface area contributed by atoms with Crippen LogP contribution in [0.15, 0.2) is 212 Å². The van der Waals surface area contributed by atoms with Crippen LogP contribution in [0.3, 0.4) is 0 Å². The minimum Gasteiger partial charge on any atom is -0.316 e. The third-order valence-corrected chi connectivity index (χ3v) is 12.9. The summed E-state index contributed by atoms with van der Waals surface area (Å²) < 4.78 is 4.70. The van der Waals surface area contributed by atoms with Gasteiger partial charge >= 0.3 is 0 Å². The van der Waals surface area contributed by atoms with E-state index >= 15 is 0 Å². The Labute approximate surface area is 349 Å². The molecule has 0 bridgehead atoms. The summed E-state index contributed by atoms with van der Waals surface area (Å²) in [6, 6.07) is 75.6. The van der Waals surface area contributed by atoms with Gasteiger partial charge in [0.05, 0.1) is 22.2 Å². The lowest BCUT2D eigenvalue weighted by Gasteiger charge is -2.29. The van der Waals surface area contributed by atoms with Gasteiger partial charge < -0.3 is 14.0 Å². The lowest BCUT2D eigenvalue weighted by Crippen LogP contribution is -2.16. The van der Waals surface area contributed by atoms with Crippen LogP contribution in [-0.2, 0) is 5.41 Å². The predicted molar refractivity (Wildman–Crippen MR) is 253 cm³/mol. The smallest absolute Gasteiger partial charge is 0.0562 e. The number of rotatable bonds is 6. The molecule has 2 aromatic heterocycles. The van der Waals surface area contributed by atoms with Gasteiger partial charge in [0.15, 0.2) is 0 Å². The van der Waals surface area contributed by atoms with Gasteiger partial charge in [0, 0.05) is 55.9 Å². The summed E-state index contributed by atoms with van der Waals surface area (Å²) in [7, 11) is 0. The van der Waals surface area contributed by atoms with Crippen LogP contribution >= 0.6 is 0 Å². The predicted octanol–water partition coefficient (Wildman–Crippen LogP) is 15.3. The minimum absolute atomic E-state index is 0.0935. The molecular weight excluding hydrogens is 727 g/mol. The van der Waals surface area contributed by atoms with Gasteiger partial charge in [0.25, 0.3) is 0 Å². The second-order valence-electron chi connectivity index (χ2n) is 16.6. The van der Waals surface area contributed by atoms with Crippen molar-refractivity contribution in [3.63, 3.8) is 0 Å². The Bertz CT molecular complexity index is 3430. The monoisotopic (exact) mass is 767 g/mol. The van der Waals surface area contributed by atoms with E-state index in [1.165, 1.54) is 88.2 Å². The van der Waals surface area contributed by atoms with Crippen LogP contribution in [0.1, 0.15) is 25.0 Å². The number of benzene rings is 9. The SMILES string of the molecule is CC1(C)c2ccccc2-c2ccc(N(c3ccc(-c4ccc(-n5ccc6cc7c8ccccc8n(-c8ccccc8)c7cc65)cc4)cc3)c3cccc4ccccc34)cc21. The number of fused-ring (bicyclic) bond motifs is 8. The highest BCUT2D eigenvalue weighted by Gasteiger charge is 2.35. The summed E-state index contributed by atoms with van der Waals surface area (Å²) in [5.74, 6) is 0. The standard InChI is InChI=1S/C57H41N3/c1-57(2)51-20-10-8-18-47(51)48-32-31-45(36-52(48)57)59(53-22-12-14-40-13-6-7-17-46(40)53)44-29-25-39(26-30-44)38-23-27-42(28-24-38)58-34-33-41-35-50-49-19-9-11-21-54(49)60(56(50)37-55(41)58)43-15-4-3-5-16-43/h3-37H,1-2H3. The second-order valence-corrected chi connectivity index (χ2v) is 16.6. The molecule has 0 aliphatic heterocycles. The second kappa shape index (κ2) is 13.2. The van der Waals surface area contributed by atoms with E-state index in [9.17, 15) is 0 Å². The number of hydrogen-bond acceptors (Lipinski definition) is 1. The van der Waals surface area contributed by atoms with Gasteiger partial charge in [0.1, 0.15) is 0 Å². The van der Waals surface area contributed by atoms with Crippen LogP contribution in [0.4, 0.5) is 17.1 Å². The lowest BCUT2D eigenvalue weighted by molar-refractivity contribution is 0.660. The third-order valence-electron chi connectivity index (χ3n) is 12.9. The first-order chi connectivity index (χ1) is 29.5. The molecule has 3 nitrogen and oxygen atoms in total. The maximum atomic E-state index is 2.43. The van der Waals surface area contributed by atoms with Crippen molar-refractivity contribution >= 4 is 60.5 Å². The first-order valence-corrected chi connectivity index (χ1v) is 20.8. The van der Waals surface area contributed by atoms with Crippen LogP contribution in [-0.4, -0.2) is 9.13 Å². The fourth-order valence-corrected chi connectivity index (χ4v) is 9.96. The molecule has 60 heavy (non-hydrogen) atoms. The van der Waals surface area contributed by atoms with Gasteiger partial charge in [-0.3, -0.25) is 0 Å². The largest absolute Gasteiger partial charge is 0.316 e. The van der Waals surface area contributed by atoms with Gasteiger partial charge in [-0.25, -0.2) is 0 Å². The van der Waals surface area contributed by atoms with E-state index in [2.05, 4.69) is 240 Å². The quantitative estimate of drug-likeness (QED) is 0.164. The average Bonchev–Trinajstić information content (AvgIpc) is 3.94. The topological polar surface area (TPSA) is 13.1 Å². The summed E-state index contributed by atoms with van der Waals surface area (Å²) in [5.41, 5.74) is 17.0. The Kier molecular flexibility index (Phi) is 7.58.